The topological polar surface area (TPSA) is 93.2 Å². The number of rotatable bonds is 7. The van der Waals surface area contributed by atoms with Crippen LogP contribution >= 0.6 is 0 Å². The fraction of sp³-hybridized carbons (Fsp3) is 0.316. The first-order valence-corrected chi connectivity index (χ1v) is 8.54. The lowest BCUT2D eigenvalue weighted by Crippen LogP contribution is -2.23. The van der Waals surface area contributed by atoms with Crippen molar-refractivity contribution in [3.63, 3.8) is 0 Å². The van der Waals surface area contributed by atoms with Crippen molar-refractivity contribution in [3.05, 3.63) is 81.8 Å². The van der Waals surface area contributed by atoms with Crippen molar-refractivity contribution in [2.45, 2.75) is 32.5 Å². The molecule has 0 aliphatic rings. The highest BCUT2D eigenvalue weighted by Crippen LogP contribution is 2.19. The number of hydrogen-bond donors (Lipinski definition) is 2. The first-order valence-electron chi connectivity index (χ1n) is 8.54. The van der Waals surface area contributed by atoms with Crippen LogP contribution in [0.2, 0.25) is 0 Å². The van der Waals surface area contributed by atoms with Crippen LogP contribution in [0.3, 0.4) is 0 Å². The van der Waals surface area contributed by atoms with Crippen LogP contribution in [0.25, 0.3) is 0 Å². The van der Waals surface area contributed by atoms with Crippen LogP contribution in [0.15, 0.2) is 53.3 Å². The van der Waals surface area contributed by atoms with E-state index in [4.69, 9.17) is 0 Å². The van der Waals surface area contributed by atoms with Gasteiger partial charge in [0, 0.05) is 24.7 Å². The molecule has 0 bridgehead atoms. The number of hydrogen-bond acceptors (Lipinski definition) is 5. The lowest BCUT2D eigenvalue weighted by Gasteiger charge is -2.09. The number of aliphatic hydroxyl groups is 2. The first kappa shape index (κ1) is 18.0. The molecule has 0 saturated carbocycles. The summed E-state index contributed by atoms with van der Waals surface area (Å²) in [5, 5.41) is 24.1. The Bertz CT molecular complexity index is 918. The van der Waals surface area contributed by atoms with Crippen molar-refractivity contribution in [3.8, 4) is 0 Å². The zero-order valence-corrected chi connectivity index (χ0v) is 14.6. The third kappa shape index (κ3) is 3.89. The Morgan fingerprint density at radius 1 is 1.08 bits per heavy atom. The van der Waals surface area contributed by atoms with Gasteiger partial charge in [-0.15, -0.1) is 0 Å². The van der Waals surface area contributed by atoms with Crippen LogP contribution in [0, 0.1) is 6.92 Å². The molecule has 2 N–H and O–H groups in total. The normalized spacial score (nSPS) is 12.3. The quantitative estimate of drug-likeness (QED) is 0.662. The van der Waals surface area contributed by atoms with Gasteiger partial charge in [0.05, 0.1) is 13.2 Å². The van der Waals surface area contributed by atoms with E-state index in [0.29, 0.717) is 24.4 Å². The minimum Gasteiger partial charge on any atom is -0.394 e. The molecule has 0 amide bonds. The van der Waals surface area contributed by atoms with Gasteiger partial charge >= 0.3 is 0 Å². The summed E-state index contributed by atoms with van der Waals surface area (Å²) in [7, 11) is 0. The number of aromatic nitrogens is 4. The molecule has 26 heavy (non-hydrogen) atoms. The SMILES string of the molecule is Cc1cccc(=O)n1CCc1nc(C(O)c2ccccc2)nn1CCO. The van der Waals surface area contributed by atoms with E-state index in [2.05, 4.69) is 10.1 Å². The van der Waals surface area contributed by atoms with Gasteiger partial charge in [-0.25, -0.2) is 9.67 Å². The summed E-state index contributed by atoms with van der Waals surface area (Å²) in [6.45, 7) is 2.54. The van der Waals surface area contributed by atoms with Crippen molar-refractivity contribution in [1.29, 1.82) is 0 Å². The summed E-state index contributed by atoms with van der Waals surface area (Å²) in [5.74, 6) is 0.913. The largest absolute Gasteiger partial charge is 0.394 e. The lowest BCUT2D eigenvalue weighted by molar-refractivity contribution is 0.208. The molecule has 0 saturated heterocycles. The second-order valence-electron chi connectivity index (χ2n) is 6.05. The van der Waals surface area contributed by atoms with E-state index in [-0.39, 0.29) is 24.5 Å². The maximum Gasteiger partial charge on any atom is 0.250 e. The molecule has 7 heteroatoms. The Morgan fingerprint density at radius 2 is 1.85 bits per heavy atom. The average Bonchev–Trinajstić information content (AvgIpc) is 3.05. The van der Waals surface area contributed by atoms with Crippen LogP contribution in [0.1, 0.15) is 29.0 Å². The molecule has 1 aromatic carbocycles. The van der Waals surface area contributed by atoms with Gasteiger partial charge in [0.15, 0.2) is 5.82 Å². The monoisotopic (exact) mass is 354 g/mol. The highest BCUT2D eigenvalue weighted by atomic mass is 16.3. The Morgan fingerprint density at radius 3 is 2.54 bits per heavy atom. The molecule has 0 aliphatic carbocycles. The first-order chi connectivity index (χ1) is 12.6. The number of aryl methyl sites for hydroxylation is 2. The fourth-order valence-electron chi connectivity index (χ4n) is 2.87. The number of benzene rings is 1. The highest BCUT2D eigenvalue weighted by Gasteiger charge is 2.18. The molecule has 7 nitrogen and oxygen atoms in total. The molecule has 1 unspecified atom stereocenters. The minimum absolute atomic E-state index is 0.0669. The van der Waals surface area contributed by atoms with E-state index in [9.17, 15) is 15.0 Å². The molecule has 0 fully saturated rings. The van der Waals surface area contributed by atoms with Crippen LogP contribution in [0.5, 0.6) is 0 Å². The Labute approximate surface area is 151 Å². The maximum atomic E-state index is 12.0. The fourth-order valence-corrected chi connectivity index (χ4v) is 2.87. The summed E-state index contributed by atoms with van der Waals surface area (Å²) in [6.07, 6.45) is -0.463. The second-order valence-corrected chi connectivity index (χ2v) is 6.05. The number of pyridine rings is 1. The summed E-state index contributed by atoms with van der Waals surface area (Å²) in [6, 6.07) is 14.3. The number of nitrogens with zero attached hydrogens (tertiary/aromatic N) is 4. The molecule has 1 atom stereocenters. The van der Waals surface area contributed by atoms with Gasteiger partial charge in [-0.05, 0) is 18.6 Å². The van der Waals surface area contributed by atoms with Crippen molar-refractivity contribution >= 4 is 0 Å². The molecule has 0 spiro atoms. The van der Waals surface area contributed by atoms with Crippen molar-refractivity contribution < 1.29 is 10.2 Å². The van der Waals surface area contributed by atoms with Crippen LogP contribution in [-0.2, 0) is 19.5 Å². The Kier molecular flexibility index (Phi) is 5.60. The average molecular weight is 354 g/mol. The molecule has 2 heterocycles. The summed E-state index contributed by atoms with van der Waals surface area (Å²) in [4.78, 5) is 16.5. The van der Waals surface area contributed by atoms with Gasteiger partial charge in [0.2, 0.25) is 0 Å². The molecule has 2 aromatic heterocycles. The van der Waals surface area contributed by atoms with Crippen molar-refractivity contribution in [2.75, 3.05) is 6.61 Å². The van der Waals surface area contributed by atoms with Gasteiger partial charge in [0.25, 0.3) is 5.56 Å². The number of aliphatic hydroxyl groups excluding tert-OH is 2. The molecule has 0 aliphatic heterocycles. The molecular weight excluding hydrogens is 332 g/mol. The summed E-state index contributed by atoms with van der Waals surface area (Å²) < 4.78 is 3.26. The Balaban J connectivity index is 1.84. The van der Waals surface area contributed by atoms with Crippen molar-refractivity contribution in [1.82, 2.24) is 19.3 Å². The van der Waals surface area contributed by atoms with E-state index < -0.39 is 6.10 Å². The zero-order chi connectivity index (χ0) is 18.5. The van der Waals surface area contributed by atoms with Crippen LogP contribution in [-0.4, -0.2) is 36.2 Å². The Hall–Kier alpha value is -2.77. The van der Waals surface area contributed by atoms with Gasteiger partial charge in [-0.2, -0.15) is 5.10 Å². The van der Waals surface area contributed by atoms with Gasteiger partial charge in [-0.3, -0.25) is 4.79 Å². The van der Waals surface area contributed by atoms with E-state index in [1.807, 2.05) is 43.3 Å². The molecule has 3 aromatic rings. The zero-order valence-electron chi connectivity index (χ0n) is 14.6. The summed E-state index contributed by atoms with van der Waals surface area (Å²) in [5.41, 5.74) is 1.51. The van der Waals surface area contributed by atoms with E-state index in [1.54, 1.807) is 15.3 Å². The third-order valence-electron chi connectivity index (χ3n) is 4.26. The van der Waals surface area contributed by atoms with Crippen LogP contribution < -0.4 is 5.56 Å². The predicted molar refractivity (Wildman–Crippen MR) is 96.8 cm³/mol. The van der Waals surface area contributed by atoms with Crippen LogP contribution in [0.4, 0.5) is 0 Å². The smallest absolute Gasteiger partial charge is 0.250 e. The van der Waals surface area contributed by atoms with Gasteiger partial charge in [-0.1, -0.05) is 36.4 Å². The predicted octanol–water partition coefficient (Wildman–Crippen LogP) is 1.06. The maximum absolute atomic E-state index is 12.0. The summed E-state index contributed by atoms with van der Waals surface area (Å²) >= 11 is 0. The minimum atomic E-state index is -0.934. The van der Waals surface area contributed by atoms with Gasteiger partial charge < -0.3 is 14.8 Å². The molecular formula is C19H22N4O3. The molecule has 136 valence electrons. The standard InChI is InChI=1S/C19H22N4O3/c1-14-6-5-9-17(25)22(14)11-10-16-20-19(21-23(16)12-13-24)18(26)15-7-3-2-4-8-15/h2-9,18,24,26H,10-13H2,1H3. The highest BCUT2D eigenvalue weighted by molar-refractivity contribution is 5.22. The second kappa shape index (κ2) is 8.07. The van der Waals surface area contributed by atoms with E-state index in [0.717, 1.165) is 5.69 Å². The third-order valence-corrected chi connectivity index (χ3v) is 4.26. The van der Waals surface area contributed by atoms with Crippen molar-refractivity contribution in [2.24, 2.45) is 0 Å². The van der Waals surface area contributed by atoms with E-state index in [1.165, 1.54) is 6.07 Å². The lowest BCUT2D eigenvalue weighted by atomic mass is 10.1. The van der Waals surface area contributed by atoms with E-state index >= 15 is 0 Å². The van der Waals surface area contributed by atoms with Gasteiger partial charge in [0.1, 0.15) is 11.9 Å². The molecule has 0 radical (unpaired) electrons. The molecule has 3 rings (SSSR count).